The molecule has 0 aliphatic carbocycles. The minimum absolute atomic E-state index is 0.0513. The van der Waals surface area contributed by atoms with Crippen molar-refractivity contribution in [1.29, 1.82) is 0 Å². The van der Waals surface area contributed by atoms with E-state index >= 15 is 0 Å². The molecule has 1 aliphatic heterocycles. The highest BCUT2D eigenvalue weighted by atomic mass is 16.5. The van der Waals surface area contributed by atoms with Crippen LogP contribution in [0.2, 0.25) is 0 Å². The topological polar surface area (TPSA) is 70.7 Å². The number of hydrogen-bond acceptors (Lipinski definition) is 3. The third-order valence-corrected chi connectivity index (χ3v) is 4.69. The fourth-order valence-electron chi connectivity index (χ4n) is 3.07. The zero-order valence-electron chi connectivity index (χ0n) is 15.4. The molecule has 1 heterocycles. The Bertz CT molecular complexity index is 591. The van der Waals surface area contributed by atoms with Crippen molar-refractivity contribution in [3.8, 4) is 5.75 Å². The maximum atomic E-state index is 12.7. The number of carbonyl (C=O) groups is 2. The van der Waals surface area contributed by atoms with Gasteiger partial charge >= 0.3 is 6.03 Å². The highest BCUT2D eigenvalue weighted by Crippen LogP contribution is 2.26. The zero-order chi connectivity index (χ0) is 18.2. The number of methoxy groups -OCH3 is 1. The smallest absolute Gasteiger partial charge is 0.322 e. The number of piperidine rings is 1. The molecule has 1 aromatic rings. The van der Waals surface area contributed by atoms with Crippen LogP contribution in [-0.4, -0.2) is 43.1 Å². The summed E-state index contributed by atoms with van der Waals surface area (Å²) in [6, 6.07) is 7.23. The Labute approximate surface area is 149 Å². The molecule has 0 unspecified atom stereocenters. The number of nitrogens with one attached hydrogen (secondary N) is 2. The molecule has 1 aromatic carbocycles. The molecule has 0 aromatic heterocycles. The summed E-state index contributed by atoms with van der Waals surface area (Å²) in [5.74, 6) is 0.529. The molecule has 6 nitrogen and oxygen atoms in total. The van der Waals surface area contributed by atoms with E-state index in [0.717, 1.165) is 25.7 Å². The first-order valence-electron chi connectivity index (χ1n) is 9.05. The van der Waals surface area contributed by atoms with Crippen LogP contribution >= 0.6 is 0 Å². The average molecular weight is 347 g/mol. The zero-order valence-corrected chi connectivity index (χ0v) is 15.4. The van der Waals surface area contributed by atoms with Gasteiger partial charge in [0.05, 0.1) is 18.7 Å². The summed E-state index contributed by atoms with van der Waals surface area (Å²) in [5.41, 5.74) is 0.636. The number of para-hydroxylation sites is 2. The molecule has 0 radical (unpaired) electrons. The summed E-state index contributed by atoms with van der Waals surface area (Å²) in [6.45, 7) is 5.26. The Morgan fingerprint density at radius 3 is 2.76 bits per heavy atom. The number of ether oxygens (including phenoxy) is 1. The summed E-state index contributed by atoms with van der Waals surface area (Å²) >= 11 is 0. The number of anilines is 1. The molecule has 25 heavy (non-hydrogen) atoms. The second-order valence-electron chi connectivity index (χ2n) is 6.55. The second kappa shape index (κ2) is 9.30. The SMILES string of the molecule is CCCCNC(=O)[C@H]1CC[C@@H](C)N(C(=O)Nc2ccccc2OC)C1. The van der Waals surface area contributed by atoms with Gasteiger partial charge in [0.1, 0.15) is 5.75 Å². The first-order chi connectivity index (χ1) is 12.1. The molecule has 2 N–H and O–H groups in total. The second-order valence-corrected chi connectivity index (χ2v) is 6.55. The van der Waals surface area contributed by atoms with Crippen molar-refractivity contribution >= 4 is 17.6 Å². The Morgan fingerprint density at radius 2 is 2.04 bits per heavy atom. The fraction of sp³-hybridized carbons (Fsp3) is 0.579. The predicted octanol–water partition coefficient (Wildman–Crippen LogP) is 3.24. The number of nitrogens with zero attached hydrogens (tertiary/aromatic N) is 1. The monoisotopic (exact) mass is 347 g/mol. The lowest BCUT2D eigenvalue weighted by Crippen LogP contribution is -2.50. The van der Waals surface area contributed by atoms with Crippen LogP contribution in [-0.2, 0) is 4.79 Å². The van der Waals surface area contributed by atoms with Crippen LogP contribution in [0.3, 0.4) is 0 Å². The predicted molar refractivity (Wildman–Crippen MR) is 98.8 cm³/mol. The van der Waals surface area contributed by atoms with E-state index in [1.165, 1.54) is 0 Å². The Balaban J connectivity index is 1.98. The highest BCUT2D eigenvalue weighted by molar-refractivity contribution is 5.91. The van der Waals surface area contributed by atoms with Crippen molar-refractivity contribution in [2.24, 2.45) is 5.92 Å². The van der Waals surface area contributed by atoms with Crippen LogP contribution in [0, 0.1) is 5.92 Å². The fourth-order valence-corrected chi connectivity index (χ4v) is 3.07. The van der Waals surface area contributed by atoms with Crippen molar-refractivity contribution in [2.45, 2.75) is 45.6 Å². The van der Waals surface area contributed by atoms with E-state index < -0.39 is 0 Å². The molecule has 0 spiro atoms. The lowest BCUT2D eigenvalue weighted by atomic mass is 9.93. The first kappa shape index (κ1) is 19.1. The van der Waals surface area contributed by atoms with Gasteiger partial charge in [-0.1, -0.05) is 25.5 Å². The van der Waals surface area contributed by atoms with Crippen LogP contribution in [0.25, 0.3) is 0 Å². The van der Waals surface area contributed by atoms with E-state index in [4.69, 9.17) is 4.74 Å². The molecule has 1 aliphatic rings. The van der Waals surface area contributed by atoms with Crippen LogP contribution in [0.15, 0.2) is 24.3 Å². The van der Waals surface area contributed by atoms with E-state index in [-0.39, 0.29) is 23.9 Å². The van der Waals surface area contributed by atoms with Crippen molar-refractivity contribution < 1.29 is 14.3 Å². The largest absolute Gasteiger partial charge is 0.495 e. The summed E-state index contributed by atoms with van der Waals surface area (Å²) in [5, 5.41) is 5.88. The van der Waals surface area contributed by atoms with Crippen LogP contribution in [0.5, 0.6) is 5.75 Å². The lowest BCUT2D eigenvalue weighted by molar-refractivity contribution is -0.126. The number of carbonyl (C=O) groups excluding carboxylic acids is 2. The Kier molecular flexibility index (Phi) is 7.10. The minimum atomic E-state index is -0.192. The van der Waals surface area contributed by atoms with Gasteiger partial charge in [-0.2, -0.15) is 0 Å². The summed E-state index contributed by atoms with van der Waals surface area (Å²) in [7, 11) is 1.57. The van der Waals surface area contributed by atoms with Crippen molar-refractivity contribution in [2.75, 3.05) is 25.5 Å². The molecule has 1 saturated heterocycles. The molecular weight excluding hydrogens is 318 g/mol. The normalized spacial score (nSPS) is 20.0. The van der Waals surface area contributed by atoms with Crippen molar-refractivity contribution in [3.63, 3.8) is 0 Å². The van der Waals surface area contributed by atoms with Gasteiger partial charge in [0.15, 0.2) is 0 Å². The molecule has 0 bridgehead atoms. The van der Waals surface area contributed by atoms with Crippen LogP contribution in [0.1, 0.15) is 39.5 Å². The van der Waals surface area contributed by atoms with Crippen LogP contribution < -0.4 is 15.4 Å². The number of hydrogen-bond donors (Lipinski definition) is 2. The van der Waals surface area contributed by atoms with Gasteiger partial charge in [-0.15, -0.1) is 0 Å². The van der Waals surface area contributed by atoms with Gasteiger partial charge in [-0.05, 0) is 38.3 Å². The maximum Gasteiger partial charge on any atom is 0.322 e. The third kappa shape index (κ3) is 5.11. The van der Waals surface area contributed by atoms with Gasteiger partial charge in [-0.3, -0.25) is 4.79 Å². The van der Waals surface area contributed by atoms with E-state index in [1.54, 1.807) is 24.1 Å². The minimum Gasteiger partial charge on any atom is -0.495 e. The quantitative estimate of drug-likeness (QED) is 0.776. The molecule has 1 fully saturated rings. The number of urea groups is 1. The standard InChI is InChI=1S/C19H29N3O3/c1-4-5-12-20-18(23)15-11-10-14(2)22(13-15)19(24)21-16-8-6-7-9-17(16)25-3/h6-9,14-15H,4-5,10-13H2,1-3H3,(H,20,23)(H,21,24)/t14-,15+/m1/s1. The molecule has 2 atom stereocenters. The molecule has 2 rings (SSSR count). The van der Waals surface area contributed by atoms with E-state index in [1.807, 2.05) is 19.1 Å². The molecule has 0 saturated carbocycles. The number of likely N-dealkylation sites (tertiary alicyclic amines) is 1. The molecule has 138 valence electrons. The van der Waals surface area contributed by atoms with Gasteiger partial charge in [0.25, 0.3) is 0 Å². The molecule has 3 amide bonds. The van der Waals surface area contributed by atoms with E-state index in [0.29, 0.717) is 24.5 Å². The lowest BCUT2D eigenvalue weighted by Gasteiger charge is -2.37. The van der Waals surface area contributed by atoms with E-state index in [2.05, 4.69) is 17.6 Å². The number of rotatable bonds is 6. The molecule has 6 heteroatoms. The van der Waals surface area contributed by atoms with Gasteiger partial charge < -0.3 is 20.3 Å². The first-order valence-corrected chi connectivity index (χ1v) is 9.05. The average Bonchev–Trinajstić information content (AvgIpc) is 2.62. The molecular formula is C19H29N3O3. The Morgan fingerprint density at radius 1 is 1.28 bits per heavy atom. The number of unbranched alkanes of at least 4 members (excludes halogenated alkanes) is 1. The van der Waals surface area contributed by atoms with Gasteiger partial charge in [-0.25, -0.2) is 4.79 Å². The number of amides is 3. The van der Waals surface area contributed by atoms with Crippen molar-refractivity contribution in [1.82, 2.24) is 10.2 Å². The summed E-state index contributed by atoms with van der Waals surface area (Å²) < 4.78 is 5.28. The number of benzene rings is 1. The highest BCUT2D eigenvalue weighted by Gasteiger charge is 2.32. The summed E-state index contributed by atoms with van der Waals surface area (Å²) in [4.78, 5) is 26.8. The summed E-state index contributed by atoms with van der Waals surface area (Å²) in [6.07, 6.45) is 3.67. The third-order valence-electron chi connectivity index (χ3n) is 4.69. The maximum absolute atomic E-state index is 12.7. The van der Waals surface area contributed by atoms with Crippen molar-refractivity contribution in [3.05, 3.63) is 24.3 Å². The van der Waals surface area contributed by atoms with Gasteiger partial charge in [0.2, 0.25) is 5.91 Å². The van der Waals surface area contributed by atoms with Gasteiger partial charge in [0, 0.05) is 19.1 Å². The Hall–Kier alpha value is -2.24. The van der Waals surface area contributed by atoms with Crippen LogP contribution in [0.4, 0.5) is 10.5 Å². The van der Waals surface area contributed by atoms with E-state index in [9.17, 15) is 9.59 Å².